The zero-order valence-electron chi connectivity index (χ0n) is 28.9. The summed E-state index contributed by atoms with van der Waals surface area (Å²) >= 11 is 0. The molecule has 45 heavy (non-hydrogen) atoms. The van der Waals surface area contributed by atoms with Crippen LogP contribution in [-0.2, 0) is 14.3 Å². The first-order valence-electron chi connectivity index (χ1n) is 16.3. The second kappa shape index (κ2) is 15.4. The van der Waals surface area contributed by atoms with Gasteiger partial charge in [0.05, 0.1) is 0 Å². The van der Waals surface area contributed by atoms with E-state index in [0.29, 0.717) is 24.4 Å². The Morgan fingerprint density at radius 2 is 1.53 bits per heavy atom. The Morgan fingerprint density at radius 3 is 2.16 bits per heavy atom. The molecule has 0 aliphatic carbocycles. The maximum absolute atomic E-state index is 14.8. The first kappa shape index (κ1) is 35.6. The molecule has 0 fully saturated rings. The molecule has 2 N–H and O–H groups in total. The Kier molecular flexibility index (Phi) is 12.2. The summed E-state index contributed by atoms with van der Waals surface area (Å²) in [5, 5.41) is 8.11. The molecule has 0 spiro atoms. The highest BCUT2D eigenvalue weighted by Gasteiger charge is 2.41. The average Bonchev–Trinajstić information content (AvgIpc) is 2.97. The van der Waals surface area contributed by atoms with Crippen molar-refractivity contribution in [2.45, 2.75) is 112 Å². The predicted molar refractivity (Wildman–Crippen MR) is 184 cm³/mol. The minimum atomic E-state index is -0.932. The molecule has 3 rings (SSSR count). The van der Waals surface area contributed by atoms with Crippen LogP contribution in [0.15, 0.2) is 60.7 Å². The third-order valence-corrected chi connectivity index (χ3v) is 8.53. The van der Waals surface area contributed by atoms with Crippen LogP contribution in [0.4, 0.5) is 10.5 Å². The lowest BCUT2D eigenvalue weighted by Gasteiger charge is -2.40. The fourth-order valence-electron chi connectivity index (χ4n) is 5.56. The van der Waals surface area contributed by atoms with Gasteiger partial charge in [-0.05, 0) is 106 Å². The third kappa shape index (κ3) is 9.56. The predicted octanol–water partition coefficient (Wildman–Crippen LogP) is 8.73. The average molecular weight is 616 g/mol. The molecular weight excluding hydrogens is 562 g/mol. The molecule has 0 saturated heterocycles. The number of benzene rings is 3. The first-order valence-corrected chi connectivity index (χ1v) is 16.3. The second-order valence-electron chi connectivity index (χ2n) is 13.8. The van der Waals surface area contributed by atoms with Gasteiger partial charge in [-0.1, -0.05) is 82.6 Å². The van der Waals surface area contributed by atoms with Gasteiger partial charge in [-0.25, -0.2) is 4.79 Å². The summed E-state index contributed by atoms with van der Waals surface area (Å²) in [5.74, 6) is -0.386. The summed E-state index contributed by atoms with van der Waals surface area (Å²) in [7, 11) is 0. The zero-order chi connectivity index (χ0) is 33.5. The van der Waals surface area contributed by atoms with E-state index in [0.717, 1.165) is 33.9 Å². The maximum atomic E-state index is 14.8. The summed E-state index contributed by atoms with van der Waals surface area (Å²) in [6, 6.07) is 17.6. The molecule has 4 atom stereocenters. The summed E-state index contributed by atoms with van der Waals surface area (Å²) in [5.41, 5.74) is 2.67. The van der Waals surface area contributed by atoms with Crippen LogP contribution in [0.1, 0.15) is 97.4 Å². The normalized spacial score (nSPS) is 14.4. The van der Waals surface area contributed by atoms with Gasteiger partial charge in [0.1, 0.15) is 17.7 Å². The number of carbonyl (C=O) groups excluding carboxylic acids is 3. The Morgan fingerprint density at radius 1 is 0.867 bits per heavy atom. The number of hydrogen-bond acceptors (Lipinski definition) is 4. The van der Waals surface area contributed by atoms with Crippen molar-refractivity contribution >= 4 is 34.4 Å². The van der Waals surface area contributed by atoms with E-state index >= 15 is 0 Å². The zero-order valence-corrected chi connectivity index (χ0v) is 28.9. The quantitative estimate of drug-likeness (QED) is 0.213. The van der Waals surface area contributed by atoms with Crippen molar-refractivity contribution in [3.63, 3.8) is 0 Å². The smallest absolute Gasteiger partial charge is 0.408 e. The third-order valence-electron chi connectivity index (χ3n) is 8.53. The van der Waals surface area contributed by atoms with Crippen LogP contribution in [0, 0.1) is 25.7 Å². The van der Waals surface area contributed by atoms with Gasteiger partial charge in [0.15, 0.2) is 0 Å². The van der Waals surface area contributed by atoms with Crippen LogP contribution >= 0.6 is 0 Å². The van der Waals surface area contributed by atoms with Crippen LogP contribution in [0.5, 0.6) is 0 Å². The SMILES string of the molecule is CCC(C)C(NC(=O)OC(C)(C)C)C(=O)N(C(C)CCC(C)C)C(C(=O)Nc1ccc2ccccc2c1)c1cccc(C)c1C. The lowest BCUT2D eigenvalue weighted by Crippen LogP contribution is -2.57. The number of alkyl carbamates (subject to hydrolysis) is 1. The van der Waals surface area contributed by atoms with Gasteiger partial charge >= 0.3 is 6.09 Å². The monoisotopic (exact) mass is 615 g/mol. The molecule has 4 unspecified atom stereocenters. The highest BCUT2D eigenvalue weighted by atomic mass is 16.6. The van der Waals surface area contributed by atoms with Crippen LogP contribution in [0.2, 0.25) is 0 Å². The van der Waals surface area contributed by atoms with Crippen molar-refractivity contribution in [2.75, 3.05) is 5.32 Å². The van der Waals surface area contributed by atoms with Crippen LogP contribution in [0.3, 0.4) is 0 Å². The van der Waals surface area contributed by atoms with Crippen LogP contribution in [0.25, 0.3) is 10.8 Å². The highest BCUT2D eigenvalue weighted by molar-refractivity contribution is 6.00. The first-order chi connectivity index (χ1) is 21.1. The van der Waals surface area contributed by atoms with Crippen molar-refractivity contribution in [1.29, 1.82) is 0 Å². The number of anilines is 1. The van der Waals surface area contributed by atoms with E-state index in [-0.39, 0.29) is 23.8 Å². The Labute approximate surface area is 270 Å². The molecule has 7 nitrogen and oxygen atoms in total. The molecule has 0 heterocycles. The lowest BCUT2D eigenvalue weighted by molar-refractivity contribution is -0.144. The van der Waals surface area contributed by atoms with Gasteiger partial charge < -0.3 is 20.3 Å². The molecule has 0 bridgehead atoms. The standard InChI is InChI=1S/C38H53N3O4/c1-11-25(4)33(40-37(44)45-38(8,9)10)36(43)41(27(6)20-19-24(2)3)34(32-18-14-15-26(5)28(32)7)35(42)39-31-22-21-29-16-12-13-17-30(29)23-31/h12-18,21-25,27,33-34H,11,19-20H2,1-10H3,(H,39,42)(H,40,44). The van der Waals surface area contributed by atoms with Gasteiger partial charge in [0, 0.05) is 11.7 Å². The van der Waals surface area contributed by atoms with E-state index in [9.17, 15) is 14.4 Å². The number of hydrogen-bond donors (Lipinski definition) is 2. The maximum Gasteiger partial charge on any atom is 0.408 e. The molecule has 3 aromatic rings. The van der Waals surface area contributed by atoms with Gasteiger partial charge in [0.2, 0.25) is 5.91 Å². The van der Waals surface area contributed by atoms with E-state index in [1.165, 1.54) is 0 Å². The van der Waals surface area contributed by atoms with Gasteiger partial charge in [0.25, 0.3) is 5.91 Å². The summed E-state index contributed by atoms with van der Waals surface area (Å²) in [4.78, 5) is 44.2. The molecule has 3 amide bonds. The number of carbonyl (C=O) groups is 3. The topological polar surface area (TPSA) is 87.7 Å². The van der Waals surface area contributed by atoms with Crippen molar-refractivity contribution in [3.05, 3.63) is 77.4 Å². The number of ether oxygens (including phenoxy) is 1. The van der Waals surface area contributed by atoms with Crippen LogP contribution < -0.4 is 10.6 Å². The number of aryl methyl sites for hydroxylation is 1. The molecule has 3 aromatic carbocycles. The molecule has 0 aliphatic rings. The van der Waals surface area contributed by atoms with Crippen molar-refractivity contribution in [1.82, 2.24) is 10.2 Å². The summed E-state index contributed by atoms with van der Waals surface area (Å²) in [6.07, 6.45) is 1.58. The summed E-state index contributed by atoms with van der Waals surface area (Å²) in [6.45, 7) is 19.6. The number of fused-ring (bicyclic) bond motifs is 1. The number of nitrogens with one attached hydrogen (secondary N) is 2. The molecule has 7 heteroatoms. The minimum Gasteiger partial charge on any atom is -0.444 e. The fourth-order valence-corrected chi connectivity index (χ4v) is 5.56. The lowest BCUT2D eigenvalue weighted by atomic mass is 9.91. The van der Waals surface area contributed by atoms with E-state index in [2.05, 4.69) is 24.5 Å². The number of nitrogens with zero attached hydrogens (tertiary/aromatic N) is 1. The Balaban J connectivity index is 2.16. The number of rotatable bonds is 12. The molecule has 0 aromatic heterocycles. The largest absolute Gasteiger partial charge is 0.444 e. The Bertz CT molecular complexity index is 1480. The van der Waals surface area contributed by atoms with Crippen molar-refractivity contribution < 1.29 is 19.1 Å². The highest BCUT2D eigenvalue weighted by Crippen LogP contribution is 2.33. The molecule has 0 radical (unpaired) electrons. The second-order valence-corrected chi connectivity index (χ2v) is 13.8. The fraction of sp³-hybridized carbons (Fsp3) is 0.500. The van der Waals surface area contributed by atoms with Crippen molar-refractivity contribution in [2.24, 2.45) is 11.8 Å². The van der Waals surface area contributed by atoms with Gasteiger partial charge in [-0.15, -0.1) is 0 Å². The molecule has 0 aliphatic heterocycles. The van der Waals surface area contributed by atoms with Gasteiger partial charge in [-0.3, -0.25) is 9.59 Å². The van der Waals surface area contributed by atoms with E-state index in [1.807, 2.05) is 95.3 Å². The van der Waals surface area contributed by atoms with E-state index in [4.69, 9.17) is 4.74 Å². The molecule has 0 saturated carbocycles. The molecule has 244 valence electrons. The number of amides is 3. The molecular formula is C38H53N3O4. The van der Waals surface area contributed by atoms with Crippen molar-refractivity contribution in [3.8, 4) is 0 Å². The Hall–Kier alpha value is -3.87. The van der Waals surface area contributed by atoms with Crippen LogP contribution in [-0.4, -0.2) is 40.5 Å². The van der Waals surface area contributed by atoms with E-state index < -0.39 is 23.8 Å². The summed E-state index contributed by atoms with van der Waals surface area (Å²) < 4.78 is 5.57. The van der Waals surface area contributed by atoms with E-state index in [1.54, 1.807) is 25.7 Å². The minimum absolute atomic E-state index is 0.201. The van der Waals surface area contributed by atoms with Gasteiger partial charge in [-0.2, -0.15) is 0 Å².